The molecule has 0 bridgehead atoms. The maximum atomic E-state index is 11.8. The molecule has 4 heteroatoms. The number of piperazine rings is 1. The van der Waals surface area contributed by atoms with Crippen LogP contribution in [0.1, 0.15) is 32.6 Å². The van der Waals surface area contributed by atoms with Crippen LogP contribution >= 0.6 is 0 Å². The van der Waals surface area contributed by atoms with Gasteiger partial charge in [-0.15, -0.1) is 0 Å². The van der Waals surface area contributed by atoms with Crippen LogP contribution in [0.15, 0.2) is 0 Å². The third-order valence-corrected chi connectivity index (χ3v) is 3.69. The lowest BCUT2D eigenvalue weighted by atomic mass is 9.86. The van der Waals surface area contributed by atoms with Gasteiger partial charge in [-0.1, -0.05) is 6.92 Å². The van der Waals surface area contributed by atoms with E-state index in [1.54, 1.807) is 0 Å². The highest BCUT2D eigenvalue weighted by Crippen LogP contribution is 2.27. The number of amides is 1. The minimum Gasteiger partial charge on any atom is -0.336 e. The monoisotopic (exact) mass is 211 g/mol. The Balaban J connectivity index is 1.94. The van der Waals surface area contributed by atoms with Gasteiger partial charge < -0.3 is 10.6 Å². The Morgan fingerprint density at radius 2 is 2.00 bits per heavy atom. The first-order chi connectivity index (χ1) is 7.18. The molecule has 15 heavy (non-hydrogen) atoms. The molecule has 0 aromatic rings. The number of nitrogens with zero attached hydrogens (tertiary/aromatic N) is 1. The van der Waals surface area contributed by atoms with E-state index in [0.29, 0.717) is 6.04 Å². The molecule has 1 heterocycles. The molecule has 1 saturated heterocycles. The molecule has 2 fully saturated rings. The van der Waals surface area contributed by atoms with E-state index in [-0.39, 0.29) is 5.91 Å². The normalized spacial score (nSPS) is 38.1. The van der Waals surface area contributed by atoms with Crippen molar-refractivity contribution in [3.8, 4) is 0 Å². The van der Waals surface area contributed by atoms with Crippen molar-refractivity contribution in [2.24, 2.45) is 11.7 Å². The first kappa shape index (κ1) is 10.9. The smallest absolute Gasteiger partial charge is 0.254 e. The lowest BCUT2D eigenvalue weighted by Crippen LogP contribution is -2.61. The fourth-order valence-electron chi connectivity index (χ4n) is 2.63. The van der Waals surface area contributed by atoms with Crippen molar-refractivity contribution in [2.45, 2.75) is 44.8 Å². The molecule has 1 unspecified atom stereocenters. The van der Waals surface area contributed by atoms with Crippen molar-refractivity contribution < 1.29 is 4.79 Å². The summed E-state index contributed by atoms with van der Waals surface area (Å²) in [5.74, 6) is 0.911. The van der Waals surface area contributed by atoms with E-state index in [4.69, 9.17) is 5.73 Å². The quantitative estimate of drug-likeness (QED) is 0.655. The van der Waals surface area contributed by atoms with Crippen LogP contribution in [0.3, 0.4) is 0 Å². The highest BCUT2D eigenvalue weighted by atomic mass is 16.2. The van der Waals surface area contributed by atoms with Crippen molar-refractivity contribution in [3.05, 3.63) is 0 Å². The van der Waals surface area contributed by atoms with Gasteiger partial charge in [-0.25, -0.2) is 0 Å². The van der Waals surface area contributed by atoms with E-state index in [9.17, 15) is 4.79 Å². The molecule has 0 aromatic heterocycles. The molecule has 1 saturated carbocycles. The highest BCUT2D eigenvalue weighted by molar-refractivity contribution is 5.82. The molecular formula is C11H21N3O. The third-order valence-electron chi connectivity index (χ3n) is 3.69. The van der Waals surface area contributed by atoms with Crippen LogP contribution in [-0.2, 0) is 4.79 Å². The van der Waals surface area contributed by atoms with Gasteiger partial charge in [0, 0.05) is 19.1 Å². The summed E-state index contributed by atoms with van der Waals surface area (Å²) in [7, 11) is 0. The number of carbonyl (C=O) groups excluding carboxylic acids is 1. The summed E-state index contributed by atoms with van der Waals surface area (Å²) in [6.07, 6.45) is 4.33. The first-order valence-electron chi connectivity index (χ1n) is 5.98. The molecule has 0 aromatic carbocycles. The van der Waals surface area contributed by atoms with E-state index >= 15 is 0 Å². The largest absolute Gasteiger partial charge is 0.336 e. The lowest BCUT2D eigenvalue weighted by Gasteiger charge is -2.40. The van der Waals surface area contributed by atoms with Crippen LogP contribution < -0.4 is 11.1 Å². The molecule has 0 radical (unpaired) electrons. The Morgan fingerprint density at radius 3 is 2.67 bits per heavy atom. The molecule has 1 amide bonds. The molecule has 86 valence electrons. The topological polar surface area (TPSA) is 58.4 Å². The average Bonchev–Trinajstić information content (AvgIpc) is 2.24. The summed E-state index contributed by atoms with van der Waals surface area (Å²) in [6.45, 7) is 3.95. The zero-order valence-corrected chi connectivity index (χ0v) is 9.41. The Bertz CT molecular complexity index is 236. The highest BCUT2D eigenvalue weighted by Gasteiger charge is 2.32. The van der Waals surface area contributed by atoms with Gasteiger partial charge in [0.25, 0.3) is 5.91 Å². The van der Waals surface area contributed by atoms with Crippen LogP contribution in [0.4, 0.5) is 0 Å². The minimum atomic E-state index is -0.474. The van der Waals surface area contributed by atoms with Gasteiger partial charge in [-0.3, -0.25) is 10.1 Å². The predicted molar refractivity (Wildman–Crippen MR) is 59.1 cm³/mol. The molecule has 2 rings (SSSR count). The maximum absolute atomic E-state index is 11.8. The standard InChI is InChI=1S/C11H21N3O/c1-8-2-4-9(5-3-8)14-7-6-13-10(12)11(14)15/h8-10,13H,2-7,12H2,1H3. The van der Waals surface area contributed by atoms with Gasteiger partial charge in [-0.2, -0.15) is 0 Å². The van der Waals surface area contributed by atoms with E-state index in [2.05, 4.69) is 12.2 Å². The van der Waals surface area contributed by atoms with Crippen LogP contribution in [0.2, 0.25) is 0 Å². The predicted octanol–water partition coefficient (Wildman–Crippen LogP) is 0.282. The van der Waals surface area contributed by atoms with Crippen LogP contribution in [0, 0.1) is 5.92 Å². The van der Waals surface area contributed by atoms with Crippen LogP contribution in [0.25, 0.3) is 0 Å². The Labute approximate surface area is 91.2 Å². The summed E-state index contributed by atoms with van der Waals surface area (Å²) in [5, 5.41) is 3.00. The van der Waals surface area contributed by atoms with E-state index < -0.39 is 6.17 Å². The minimum absolute atomic E-state index is 0.0841. The van der Waals surface area contributed by atoms with E-state index in [1.165, 1.54) is 12.8 Å². The first-order valence-corrected chi connectivity index (χ1v) is 5.98. The Kier molecular flexibility index (Phi) is 3.26. The van der Waals surface area contributed by atoms with Gasteiger partial charge in [0.2, 0.25) is 0 Å². The number of rotatable bonds is 1. The Morgan fingerprint density at radius 1 is 1.33 bits per heavy atom. The molecule has 2 aliphatic rings. The molecule has 3 N–H and O–H groups in total. The summed E-state index contributed by atoms with van der Waals surface area (Å²) < 4.78 is 0. The number of nitrogens with two attached hydrogens (primary N) is 1. The van der Waals surface area contributed by atoms with Crippen molar-refractivity contribution in [3.63, 3.8) is 0 Å². The van der Waals surface area contributed by atoms with E-state index in [1.807, 2.05) is 4.90 Å². The van der Waals surface area contributed by atoms with Gasteiger partial charge in [0.1, 0.15) is 6.17 Å². The van der Waals surface area contributed by atoms with Gasteiger partial charge >= 0.3 is 0 Å². The lowest BCUT2D eigenvalue weighted by molar-refractivity contribution is -0.138. The second-order valence-corrected chi connectivity index (χ2v) is 4.88. The van der Waals surface area contributed by atoms with E-state index in [0.717, 1.165) is 31.8 Å². The molecule has 1 atom stereocenters. The molecule has 1 aliphatic carbocycles. The van der Waals surface area contributed by atoms with Gasteiger partial charge in [0.05, 0.1) is 0 Å². The molecular weight excluding hydrogens is 190 g/mol. The fraction of sp³-hybridized carbons (Fsp3) is 0.909. The summed E-state index contributed by atoms with van der Waals surface area (Å²) in [4.78, 5) is 13.8. The van der Waals surface area contributed by atoms with Crippen LogP contribution in [0.5, 0.6) is 0 Å². The summed E-state index contributed by atoms with van der Waals surface area (Å²) in [5.41, 5.74) is 5.70. The van der Waals surface area contributed by atoms with Gasteiger partial charge in [-0.05, 0) is 31.6 Å². The second-order valence-electron chi connectivity index (χ2n) is 4.88. The maximum Gasteiger partial charge on any atom is 0.254 e. The van der Waals surface area contributed by atoms with Crippen molar-refractivity contribution >= 4 is 5.91 Å². The zero-order chi connectivity index (χ0) is 10.8. The van der Waals surface area contributed by atoms with Crippen molar-refractivity contribution in [1.29, 1.82) is 0 Å². The Hall–Kier alpha value is -0.610. The molecule has 4 nitrogen and oxygen atoms in total. The number of hydrogen-bond acceptors (Lipinski definition) is 3. The molecule has 0 spiro atoms. The van der Waals surface area contributed by atoms with Gasteiger partial charge in [0.15, 0.2) is 0 Å². The number of nitrogens with one attached hydrogen (secondary N) is 1. The summed E-state index contributed by atoms with van der Waals surface area (Å²) in [6, 6.07) is 0.446. The zero-order valence-electron chi connectivity index (χ0n) is 9.41. The van der Waals surface area contributed by atoms with Crippen LogP contribution in [-0.4, -0.2) is 36.1 Å². The average molecular weight is 211 g/mol. The van der Waals surface area contributed by atoms with Crippen molar-refractivity contribution in [2.75, 3.05) is 13.1 Å². The number of hydrogen-bond donors (Lipinski definition) is 2. The number of carbonyl (C=O) groups is 1. The summed E-state index contributed by atoms with van der Waals surface area (Å²) >= 11 is 0. The third kappa shape index (κ3) is 2.32. The second kappa shape index (κ2) is 4.49. The molecule has 1 aliphatic heterocycles. The SMILES string of the molecule is CC1CCC(N2CCNC(N)C2=O)CC1. The van der Waals surface area contributed by atoms with Crippen molar-refractivity contribution in [1.82, 2.24) is 10.2 Å². The fourth-order valence-corrected chi connectivity index (χ4v) is 2.63.